The zero-order chi connectivity index (χ0) is 17.4. The summed E-state index contributed by atoms with van der Waals surface area (Å²) in [5, 5.41) is 2.84. The topological polar surface area (TPSA) is 49.4 Å². The highest BCUT2D eigenvalue weighted by atomic mass is 16.2. The number of para-hydroxylation sites is 1. The third kappa shape index (κ3) is 4.69. The third-order valence-corrected chi connectivity index (χ3v) is 3.70. The van der Waals surface area contributed by atoms with Crippen LogP contribution in [0.3, 0.4) is 0 Å². The van der Waals surface area contributed by atoms with Gasteiger partial charge in [0, 0.05) is 29.9 Å². The van der Waals surface area contributed by atoms with Crippen LogP contribution in [0.25, 0.3) is 0 Å². The Hall–Kier alpha value is -2.62. The van der Waals surface area contributed by atoms with Gasteiger partial charge in [-0.3, -0.25) is 9.59 Å². The van der Waals surface area contributed by atoms with Gasteiger partial charge in [-0.25, -0.2) is 0 Å². The average Bonchev–Trinajstić information content (AvgIpc) is 2.62. The van der Waals surface area contributed by atoms with Gasteiger partial charge in [0.05, 0.1) is 0 Å². The Morgan fingerprint density at radius 1 is 0.833 bits per heavy atom. The van der Waals surface area contributed by atoms with Crippen LogP contribution in [-0.2, 0) is 0 Å². The van der Waals surface area contributed by atoms with Crippen molar-refractivity contribution in [2.24, 2.45) is 0 Å². The molecule has 4 heteroatoms. The quantitative estimate of drug-likeness (QED) is 0.830. The largest absolute Gasteiger partial charge is 0.339 e. The number of hydrogen-bond donors (Lipinski definition) is 1. The highest BCUT2D eigenvalue weighted by Crippen LogP contribution is 2.12. The second-order valence-corrected chi connectivity index (χ2v) is 5.69. The van der Waals surface area contributed by atoms with Crippen molar-refractivity contribution in [2.75, 3.05) is 18.4 Å². The van der Waals surface area contributed by atoms with Crippen molar-refractivity contribution in [3.8, 4) is 0 Å². The maximum atomic E-state index is 12.5. The summed E-state index contributed by atoms with van der Waals surface area (Å²) >= 11 is 0. The molecular weight excluding hydrogens is 300 g/mol. The molecule has 0 saturated carbocycles. The molecule has 2 amide bonds. The van der Waals surface area contributed by atoms with Gasteiger partial charge in [-0.05, 0) is 49.2 Å². The molecule has 0 atom stereocenters. The number of carbonyl (C=O) groups excluding carboxylic acids is 2. The predicted octanol–water partition coefficient (Wildman–Crippen LogP) is 4.20. The average molecular weight is 324 g/mol. The van der Waals surface area contributed by atoms with Crippen molar-refractivity contribution in [2.45, 2.75) is 26.7 Å². The Kier molecular flexibility index (Phi) is 6.55. The van der Waals surface area contributed by atoms with Crippen molar-refractivity contribution in [1.29, 1.82) is 0 Å². The first kappa shape index (κ1) is 17.7. The Labute approximate surface area is 143 Å². The number of rotatable bonds is 7. The standard InChI is InChI=1S/C20H24N2O2/c1-3-14-22(15-4-2)20(24)17-12-10-16(11-13-17)19(23)21-18-8-6-5-7-9-18/h5-13H,3-4,14-15H2,1-2H3,(H,21,23). The lowest BCUT2D eigenvalue weighted by atomic mass is 10.1. The van der Waals surface area contributed by atoms with Crippen LogP contribution >= 0.6 is 0 Å². The van der Waals surface area contributed by atoms with Gasteiger partial charge < -0.3 is 10.2 Å². The highest BCUT2D eigenvalue weighted by molar-refractivity contribution is 6.05. The summed E-state index contributed by atoms with van der Waals surface area (Å²) in [6.07, 6.45) is 1.87. The first-order valence-electron chi connectivity index (χ1n) is 8.41. The lowest BCUT2D eigenvalue weighted by Gasteiger charge is -2.21. The van der Waals surface area contributed by atoms with Gasteiger partial charge in [0.25, 0.3) is 11.8 Å². The summed E-state index contributed by atoms with van der Waals surface area (Å²) in [6, 6.07) is 16.1. The van der Waals surface area contributed by atoms with Gasteiger partial charge in [0.15, 0.2) is 0 Å². The molecule has 24 heavy (non-hydrogen) atoms. The molecule has 0 radical (unpaired) electrons. The molecule has 0 heterocycles. The summed E-state index contributed by atoms with van der Waals surface area (Å²) < 4.78 is 0. The lowest BCUT2D eigenvalue weighted by molar-refractivity contribution is 0.0755. The molecule has 2 rings (SSSR count). The molecule has 2 aromatic rings. The Morgan fingerprint density at radius 2 is 1.38 bits per heavy atom. The molecule has 0 fully saturated rings. The van der Waals surface area contributed by atoms with E-state index < -0.39 is 0 Å². The van der Waals surface area contributed by atoms with E-state index in [4.69, 9.17) is 0 Å². The van der Waals surface area contributed by atoms with Gasteiger partial charge in [-0.1, -0.05) is 32.0 Å². The lowest BCUT2D eigenvalue weighted by Crippen LogP contribution is -2.32. The van der Waals surface area contributed by atoms with Gasteiger partial charge in [0.1, 0.15) is 0 Å². The number of carbonyl (C=O) groups is 2. The van der Waals surface area contributed by atoms with E-state index in [1.54, 1.807) is 24.3 Å². The number of benzene rings is 2. The summed E-state index contributed by atoms with van der Waals surface area (Å²) in [5.41, 5.74) is 1.90. The molecule has 0 spiro atoms. The Balaban J connectivity index is 2.06. The van der Waals surface area contributed by atoms with Crippen LogP contribution in [0.4, 0.5) is 5.69 Å². The molecule has 2 aromatic carbocycles. The third-order valence-electron chi connectivity index (χ3n) is 3.70. The maximum absolute atomic E-state index is 12.5. The zero-order valence-electron chi connectivity index (χ0n) is 14.3. The van der Waals surface area contributed by atoms with E-state index in [0.29, 0.717) is 11.1 Å². The van der Waals surface area contributed by atoms with Crippen molar-refractivity contribution in [3.05, 3.63) is 65.7 Å². The molecule has 4 nitrogen and oxygen atoms in total. The minimum absolute atomic E-state index is 0.0220. The van der Waals surface area contributed by atoms with E-state index in [0.717, 1.165) is 31.6 Å². The van der Waals surface area contributed by atoms with E-state index in [-0.39, 0.29) is 11.8 Å². The normalized spacial score (nSPS) is 10.2. The van der Waals surface area contributed by atoms with Crippen LogP contribution in [-0.4, -0.2) is 29.8 Å². The second-order valence-electron chi connectivity index (χ2n) is 5.69. The molecule has 0 saturated heterocycles. The fourth-order valence-electron chi connectivity index (χ4n) is 2.53. The van der Waals surface area contributed by atoms with Crippen LogP contribution in [0.15, 0.2) is 54.6 Å². The molecule has 0 aliphatic heterocycles. The minimum Gasteiger partial charge on any atom is -0.339 e. The maximum Gasteiger partial charge on any atom is 0.255 e. The molecule has 126 valence electrons. The first-order valence-corrected chi connectivity index (χ1v) is 8.41. The predicted molar refractivity (Wildman–Crippen MR) is 97.3 cm³/mol. The van der Waals surface area contributed by atoms with E-state index >= 15 is 0 Å². The van der Waals surface area contributed by atoms with Crippen LogP contribution in [0.5, 0.6) is 0 Å². The van der Waals surface area contributed by atoms with E-state index in [1.165, 1.54) is 0 Å². The zero-order valence-corrected chi connectivity index (χ0v) is 14.3. The van der Waals surface area contributed by atoms with Crippen molar-refractivity contribution in [3.63, 3.8) is 0 Å². The van der Waals surface area contributed by atoms with E-state index in [9.17, 15) is 9.59 Å². The number of hydrogen-bond acceptors (Lipinski definition) is 2. The Bertz CT molecular complexity index is 660. The SMILES string of the molecule is CCCN(CCC)C(=O)c1ccc(C(=O)Nc2ccccc2)cc1. The van der Waals surface area contributed by atoms with E-state index in [2.05, 4.69) is 19.2 Å². The summed E-state index contributed by atoms with van der Waals surface area (Å²) in [6.45, 7) is 5.63. The van der Waals surface area contributed by atoms with Gasteiger partial charge in [-0.2, -0.15) is 0 Å². The summed E-state index contributed by atoms with van der Waals surface area (Å²) in [7, 11) is 0. The van der Waals surface area contributed by atoms with Gasteiger partial charge in [-0.15, -0.1) is 0 Å². The molecule has 0 aliphatic rings. The molecule has 0 aromatic heterocycles. The number of anilines is 1. The van der Waals surface area contributed by atoms with Crippen molar-refractivity contribution >= 4 is 17.5 Å². The number of amides is 2. The van der Waals surface area contributed by atoms with Gasteiger partial charge >= 0.3 is 0 Å². The monoisotopic (exact) mass is 324 g/mol. The van der Waals surface area contributed by atoms with E-state index in [1.807, 2.05) is 35.2 Å². The minimum atomic E-state index is -0.181. The van der Waals surface area contributed by atoms with Crippen LogP contribution in [0.1, 0.15) is 47.4 Å². The fourth-order valence-corrected chi connectivity index (χ4v) is 2.53. The van der Waals surface area contributed by atoms with Crippen molar-refractivity contribution in [1.82, 2.24) is 4.90 Å². The van der Waals surface area contributed by atoms with Gasteiger partial charge in [0.2, 0.25) is 0 Å². The molecule has 1 N–H and O–H groups in total. The molecular formula is C20H24N2O2. The second kappa shape index (κ2) is 8.87. The summed E-state index contributed by atoms with van der Waals surface area (Å²) in [4.78, 5) is 26.6. The molecule has 0 unspecified atom stereocenters. The number of nitrogens with zero attached hydrogens (tertiary/aromatic N) is 1. The summed E-state index contributed by atoms with van der Waals surface area (Å²) in [5.74, 6) is -0.159. The fraction of sp³-hybridized carbons (Fsp3) is 0.300. The van der Waals surface area contributed by atoms with Crippen LogP contribution < -0.4 is 5.32 Å². The molecule has 0 aliphatic carbocycles. The highest BCUT2D eigenvalue weighted by Gasteiger charge is 2.15. The Morgan fingerprint density at radius 3 is 1.92 bits per heavy atom. The smallest absolute Gasteiger partial charge is 0.255 e. The number of nitrogens with one attached hydrogen (secondary N) is 1. The first-order chi connectivity index (χ1) is 11.7. The van der Waals surface area contributed by atoms with Crippen LogP contribution in [0.2, 0.25) is 0 Å². The van der Waals surface area contributed by atoms with Crippen LogP contribution in [0, 0.1) is 0 Å². The molecule has 0 bridgehead atoms. The van der Waals surface area contributed by atoms with Crippen molar-refractivity contribution < 1.29 is 9.59 Å².